The fraction of sp³-hybridized carbons (Fsp3) is 0.444. The van der Waals surface area contributed by atoms with Crippen LogP contribution in [0.1, 0.15) is 30.5 Å². The second-order valence-electron chi connectivity index (χ2n) is 6.30. The maximum Gasteiger partial charge on any atom is 0.191 e. The second-order valence-corrected chi connectivity index (χ2v) is 7.21. The van der Waals surface area contributed by atoms with Crippen molar-refractivity contribution < 1.29 is 5.11 Å². The van der Waals surface area contributed by atoms with E-state index in [1.165, 1.54) is 11.1 Å². The summed E-state index contributed by atoms with van der Waals surface area (Å²) in [6.07, 6.45) is 3.49. The van der Waals surface area contributed by atoms with Crippen molar-refractivity contribution in [3.8, 4) is 0 Å². The number of rotatable bonds is 6. The zero-order valence-corrected chi connectivity index (χ0v) is 16.8. The van der Waals surface area contributed by atoms with E-state index in [1.54, 1.807) is 17.8 Å². The molecule has 2 rings (SSSR count). The summed E-state index contributed by atoms with van der Waals surface area (Å²) in [5.74, 6) is 0.675. The summed E-state index contributed by atoms with van der Waals surface area (Å²) < 4.78 is 2.75. The van der Waals surface area contributed by atoms with Crippen molar-refractivity contribution >= 4 is 21.9 Å². The van der Waals surface area contributed by atoms with Crippen LogP contribution >= 0.6 is 15.9 Å². The molecule has 0 spiro atoms. The lowest BCUT2D eigenvalue weighted by Crippen LogP contribution is -2.44. The van der Waals surface area contributed by atoms with Crippen LogP contribution < -0.4 is 10.6 Å². The van der Waals surface area contributed by atoms with Gasteiger partial charge >= 0.3 is 0 Å². The Morgan fingerprint density at radius 3 is 2.76 bits per heavy atom. The number of aliphatic imine (C=N–C) groups is 1. The van der Waals surface area contributed by atoms with E-state index >= 15 is 0 Å². The molecule has 3 N–H and O–H groups in total. The van der Waals surface area contributed by atoms with Crippen molar-refractivity contribution in [3.63, 3.8) is 0 Å². The zero-order valence-electron chi connectivity index (χ0n) is 15.2. The average molecular weight is 408 g/mol. The maximum atomic E-state index is 10.7. The molecule has 0 aliphatic heterocycles. The molecule has 25 heavy (non-hydrogen) atoms. The molecule has 1 heterocycles. The Hall–Kier alpha value is -1.86. The monoisotopic (exact) mass is 407 g/mol. The number of halogens is 1. The number of hydrogen-bond acceptors (Lipinski definition) is 3. The Bertz CT molecular complexity index is 739. The van der Waals surface area contributed by atoms with Crippen molar-refractivity contribution in [1.29, 1.82) is 0 Å². The molecule has 0 aliphatic rings. The van der Waals surface area contributed by atoms with Crippen molar-refractivity contribution in [3.05, 3.63) is 51.8 Å². The topological polar surface area (TPSA) is 74.5 Å². The molecule has 6 nitrogen and oxygen atoms in total. The number of hydrogen-bond donors (Lipinski definition) is 3. The molecule has 0 fully saturated rings. The van der Waals surface area contributed by atoms with E-state index in [0.29, 0.717) is 19.0 Å². The molecule has 1 aromatic heterocycles. The van der Waals surface area contributed by atoms with Gasteiger partial charge in [0.2, 0.25) is 0 Å². The molecule has 0 saturated carbocycles. The smallest absolute Gasteiger partial charge is 0.191 e. The molecule has 136 valence electrons. The van der Waals surface area contributed by atoms with Gasteiger partial charge in [0.25, 0.3) is 0 Å². The standard InChI is InChI=1S/C18H26BrN5O/c1-5-20-17(21-9-14-6-7-16(19)8-13(14)2)22-12-18(3,25)15-10-23-24(4)11-15/h6-8,10-11,25H,5,9,12H2,1-4H3,(H2,20,21,22). The van der Waals surface area contributed by atoms with Gasteiger partial charge in [0, 0.05) is 29.8 Å². The second kappa shape index (κ2) is 8.49. The first kappa shape index (κ1) is 19.5. The van der Waals surface area contributed by atoms with Gasteiger partial charge in [-0.15, -0.1) is 0 Å². The lowest BCUT2D eigenvalue weighted by atomic mass is 10.00. The first-order chi connectivity index (χ1) is 11.8. The van der Waals surface area contributed by atoms with Crippen molar-refractivity contribution in [1.82, 2.24) is 20.4 Å². The van der Waals surface area contributed by atoms with Gasteiger partial charge in [-0.25, -0.2) is 4.99 Å². The quantitative estimate of drug-likeness (QED) is 0.507. The number of nitrogens with one attached hydrogen (secondary N) is 2. The third-order valence-electron chi connectivity index (χ3n) is 3.98. The molecule has 0 bridgehead atoms. The average Bonchev–Trinajstić information content (AvgIpc) is 2.99. The molecule has 0 radical (unpaired) electrons. The Labute approximate surface area is 157 Å². The summed E-state index contributed by atoms with van der Waals surface area (Å²) in [6, 6.07) is 6.17. The van der Waals surface area contributed by atoms with E-state index in [4.69, 9.17) is 0 Å². The van der Waals surface area contributed by atoms with Gasteiger partial charge in [0.15, 0.2) is 5.96 Å². The fourth-order valence-corrected chi connectivity index (χ4v) is 2.88. The molecule has 2 aromatic rings. The lowest BCUT2D eigenvalue weighted by molar-refractivity contribution is 0.0616. The summed E-state index contributed by atoms with van der Waals surface area (Å²) >= 11 is 3.48. The Morgan fingerprint density at radius 2 is 2.16 bits per heavy atom. The first-order valence-corrected chi connectivity index (χ1v) is 9.10. The number of aliphatic hydroxyl groups is 1. The molecule has 1 unspecified atom stereocenters. The van der Waals surface area contributed by atoms with Gasteiger partial charge in [0.1, 0.15) is 5.60 Å². The van der Waals surface area contributed by atoms with E-state index in [-0.39, 0.29) is 0 Å². The summed E-state index contributed by atoms with van der Waals surface area (Å²) in [5, 5.41) is 21.2. The van der Waals surface area contributed by atoms with Crippen molar-refractivity contribution in [2.45, 2.75) is 32.9 Å². The van der Waals surface area contributed by atoms with Crippen molar-refractivity contribution in [2.24, 2.45) is 12.0 Å². The molecule has 1 atom stereocenters. The first-order valence-electron chi connectivity index (χ1n) is 8.30. The summed E-state index contributed by atoms with van der Waals surface area (Å²) in [6.45, 7) is 7.51. The molecule has 0 aliphatic carbocycles. The zero-order chi connectivity index (χ0) is 18.4. The van der Waals surface area contributed by atoms with Crippen molar-refractivity contribution in [2.75, 3.05) is 13.1 Å². The highest BCUT2D eigenvalue weighted by atomic mass is 79.9. The number of aryl methyl sites for hydroxylation is 2. The minimum atomic E-state index is -1.03. The predicted octanol–water partition coefficient (Wildman–Crippen LogP) is 2.45. The predicted molar refractivity (Wildman–Crippen MR) is 104 cm³/mol. The van der Waals surface area contributed by atoms with Crippen LogP contribution in [0.5, 0.6) is 0 Å². The van der Waals surface area contributed by atoms with Gasteiger partial charge in [-0.2, -0.15) is 5.10 Å². The van der Waals surface area contributed by atoms with Crippen LogP contribution in [0.15, 0.2) is 40.1 Å². The van der Waals surface area contributed by atoms with Crippen LogP contribution in [-0.4, -0.2) is 33.9 Å². The summed E-state index contributed by atoms with van der Waals surface area (Å²) in [5.41, 5.74) is 2.09. The number of guanidine groups is 1. The Morgan fingerprint density at radius 1 is 1.40 bits per heavy atom. The Balaban J connectivity index is 2.04. The highest BCUT2D eigenvalue weighted by molar-refractivity contribution is 9.10. The molecule has 0 saturated heterocycles. The summed E-state index contributed by atoms with van der Waals surface area (Å²) in [4.78, 5) is 4.62. The van der Waals surface area contributed by atoms with E-state index in [2.05, 4.69) is 55.7 Å². The molecular formula is C18H26BrN5O. The molecule has 0 amide bonds. The summed E-state index contributed by atoms with van der Waals surface area (Å²) in [7, 11) is 1.83. The van der Waals surface area contributed by atoms with Crippen LogP contribution in [0.4, 0.5) is 0 Å². The van der Waals surface area contributed by atoms with Gasteiger partial charge in [-0.05, 0) is 44.0 Å². The van der Waals surface area contributed by atoms with Gasteiger partial charge in [0.05, 0.1) is 19.3 Å². The largest absolute Gasteiger partial charge is 0.383 e. The maximum absolute atomic E-state index is 10.7. The highest BCUT2D eigenvalue weighted by Crippen LogP contribution is 2.19. The lowest BCUT2D eigenvalue weighted by Gasteiger charge is -2.23. The van der Waals surface area contributed by atoms with E-state index in [0.717, 1.165) is 16.6 Å². The third kappa shape index (κ3) is 5.57. The van der Waals surface area contributed by atoms with E-state index < -0.39 is 5.60 Å². The fourth-order valence-electron chi connectivity index (χ4n) is 2.40. The van der Waals surface area contributed by atoms with Crippen LogP contribution in [0, 0.1) is 6.92 Å². The molecular weight excluding hydrogens is 382 g/mol. The number of aromatic nitrogens is 2. The highest BCUT2D eigenvalue weighted by Gasteiger charge is 2.24. The third-order valence-corrected chi connectivity index (χ3v) is 4.48. The van der Waals surface area contributed by atoms with E-state index in [9.17, 15) is 5.11 Å². The molecule has 1 aromatic carbocycles. The van der Waals surface area contributed by atoms with Crippen LogP contribution in [0.2, 0.25) is 0 Å². The Kier molecular flexibility index (Phi) is 6.61. The van der Waals surface area contributed by atoms with Crippen LogP contribution in [0.25, 0.3) is 0 Å². The minimum absolute atomic E-state index is 0.337. The number of nitrogens with zero attached hydrogens (tertiary/aromatic N) is 3. The van der Waals surface area contributed by atoms with Gasteiger partial charge in [-0.3, -0.25) is 4.68 Å². The normalized spacial score (nSPS) is 14.2. The molecule has 7 heteroatoms. The van der Waals surface area contributed by atoms with Gasteiger partial charge < -0.3 is 15.7 Å². The SMILES string of the molecule is CCNC(=NCc1ccc(Br)cc1C)NCC(C)(O)c1cnn(C)c1. The van der Waals surface area contributed by atoms with Crippen LogP contribution in [0.3, 0.4) is 0 Å². The number of benzene rings is 1. The van der Waals surface area contributed by atoms with E-state index in [1.807, 2.05) is 26.2 Å². The minimum Gasteiger partial charge on any atom is -0.383 e. The van der Waals surface area contributed by atoms with Crippen LogP contribution in [-0.2, 0) is 19.2 Å². The van der Waals surface area contributed by atoms with Gasteiger partial charge in [-0.1, -0.05) is 22.0 Å².